The molecule has 2 aromatic rings. The van der Waals surface area contributed by atoms with Gasteiger partial charge in [-0.15, -0.1) is 11.3 Å². The number of amides is 2. The van der Waals surface area contributed by atoms with Gasteiger partial charge in [0.05, 0.1) is 44.5 Å². The number of hydrogen-bond donors (Lipinski definition) is 0. The minimum absolute atomic E-state index is 0.116. The molecule has 5 rings (SSSR count). The molecule has 4 atom stereocenters. The summed E-state index contributed by atoms with van der Waals surface area (Å²) in [5.41, 5.74) is 2.30. The zero-order valence-electron chi connectivity index (χ0n) is 12.9. The second kappa shape index (κ2) is 3.99. The lowest BCUT2D eigenvalue weighted by molar-refractivity contribution is -0.129. The summed E-state index contributed by atoms with van der Waals surface area (Å²) in [7, 11) is 0. The first kappa shape index (κ1) is 13.6. The van der Waals surface area contributed by atoms with Crippen LogP contribution in [-0.2, 0) is 14.3 Å². The van der Waals surface area contributed by atoms with Crippen molar-refractivity contribution in [3.63, 3.8) is 0 Å². The van der Waals surface area contributed by atoms with Crippen LogP contribution in [0.1, 0.15) is 26.7 Å². The Balaban J connectivity index is 1.63. The zero-order chi connectivity index (χ0) is 16.0. The fourth-order valence-electron chi connectivity index (χ4n) is 4.71. The molecule has 0 unspecified atom stereocenters. The maximum absolute atomic E-state index is 13.0. The van der Waals surface area contributed by atoms with E-state index in [1.54, 1.807) is 5.51 Å². The minimum atomic E-state index is -0.504. The maximum Gasteiger partial charge on any atom is 0.240 e. The topological polar surface area (TPSA) is 59.5 Å². The molecule has 0 saturated carbocycles. The van der Waals surface area contributed by atoms with Crippen LogP contribution in [0, 0.1) is 11.8 Å². The van der Waals surface area contributed by atoms with Crippen LogP contribution in [0.5, 0.6) is 0 Å². The molecule has 118 valence electrons. The zero-order valence-corrected chi connectivity index (χ0v) is 13.7. The third kappa shape index (κ3) is 1.53. The Morgan fingerprint density at radius 2 is 1.83 bits per heavy atom. The van der Waals surface area contributed by atoms with Crippen LogP contribution < -0.4 is 4.90 Å². The molecule has 2 amide bonds. The van der Waals surface area contributed by atoms with E-state index in [9.17, 15) is 9.59 Å². The Morgan fingerprint density at radius 3 is 2.48 bits per heavy atom. The van der Waals surface area contributed by atoms with E-state index >= 15 is 0 Å². The summed E-state index contributed by atoms with van der Waals surface area (Å²) in [4.78, 5) is 31.7. The van der Waals surface area contributed by atoms with Crippen LogP contribution in [0.2, 0.25) is 0 Å². The first-order valence-electron chi connectivity index (χ1n) is 7.84. The Bertz CT molecular complexity index is 844. The largest absolute Gasteiger partial charge is 0.367 e. The molecule has 3 aliphatic rings. The number of aromatic nitrogens is 1. The van der Waals surface area contributed by atoms with Gasteiger partial charge >= 0.3 is 0 Å². The minimum Gasteiger partial charge on any atom is -0.367 e. The lowest BCUT2D eigenvalue weighted by Gasteiger charge is -2.27. The Hall–Kier alpha value is -1.79. The summed E-state index contributed by atoms with van der Waals surface area (Å²) in [5.74, 6) is -0.943. The lowest BCUT2D eigenvalue weighted by atomic mass is 9.69. The van der Waals surface area contributed by atoms with Crippen LogP contribution >= 0.6 is 11.3 Å². The van der Waals surface area contributed by atoms with Crippen molar-refractivity contribution in [2.24, 2.45) is 11.8 Å². The van der Waals surface area contributed by atoms with E-state index in [0.29, 0.717) is 5.69 Å². The van der Waals surface area contributed by atoms with E-state index in [1.807, 2.05) is 32.0 Å². The number of carbonyl (C=O) groups is 2. The third-order valence-electron chi connectivity index (χ3n) is 5.78. The number of carbonyl (C=O) groups excluding carboxylic acids is 2. The second-order valence-corrected chi connectivity index (χ2v) is 8.09. The van der Waals surface area contributed by atoms with Crippen LogP contribution in [0.15, 0.2) is 23.7 Å². The van der Waals surface area contributed by atoms with Crippen molar-refractivity contribution in [1.29, 1.82) is 0 Å². The van der Waals surface area contributed by atoms with Gasteiger partial charge in [0, 0.05) is 0 Å². The smallest absolute Gasteiger partial charge is 0.240 e. The van der Waals surface area contributed by atoms with Gasteiger partial charge in [-0.1, -0.05) is 0 Å². The number of imide groups is 1. The number of benzene rings is 1. The second-order valence-electron chi connectivity index (χ2n) is 7.20. The molecule has 23 heavy (non-hydrogen) atoms. The molecule has 0 N–H and O–H groups in total. The summed E-state index contributed by atoms with van der Waals surface area (Å²) >= 11 is 1.51. The number of thiazole rings is 1. The molecule has 0 radical (unpaired) electrons. The molecule has 0 spiro atoms. The lowest BCUT2D eigenvalue weighted by Crippen LogP contribution is -2.40. The van der Waals surface area contributed by atoms with Crippen molar-refractivity contribution in [1.82, 2.24) is 4.98 Å². The van der Waals surface area contributed by atoms with E-state index in [2.05, 4.69) is 4.98 Å². The predicted octanol–water partition coefficient (Wildman–Crippen LogP) is 2.74. The summed E-state index contributed by atoms with van der Waals surface area (Å²) in [6.07, 6.45) is 1.68. The average molecular weight is 328 g/mol. The molecule has 3 fully saturated rings. The molecule has 3 aliphatic heterocycles. The molecule has 3 saturated heterocycles. The predicted molar refractivity (Wildman–Crippen MR) is 86.2 cm³/mol. The van der Waals surface area contributed by atoms with Crippen molar-refractivity contribution in [2.75, 3.05) is 4.90 Å². The molecule has 0 aliphatic carbocycles. The van der Waals surface area contributed by atoms with Crippen molar-refractivity contribution in [2.45, 2.75) is 37.9 Å². The van der Waals surface area contributed by atoms with Crippen molar-refractivity contribution in [3.8, 4) is 0 Å². The molecule has 6 heteroatoms. The summed E-state index contributed by atoms with van der Waals surface area (Å²) in [5, 5.41) is 0. The third-order valence-corrected chi connectivity index (χ3v) is 6.57. The van der Waals surface area contributed by atoms with E-state index in [4.69, 9.17) is 4.74 Å². The maximum atomic E-state index is 13.0. The Morgan fingerprint density at radius 1 is 1.17 bits per heavy atom. The monoisotopic (exact) mass is 328 g/mol. The molecule has 1 aromatic heterocycles. The first-order chi connectivity index (χ1) is 10.9. The van der Waals surface area contributed by atoms with Gasteiger partial charge in [-0.05, 0) is 44.9 Å². The van der Waals surface area contributed by atoms with Crippen LogP contribution in [0.25, 0.3) is 10.2 Å². The van der Waals surface area contributed by atoms with Gasteiger partial charge in [0.1, 0.15) is 0 Å². The number of hydrogen-bond acceptors (Lipinski definition) is 5. The van der Waals surface area contributed by atoms with Crippen LogP contribution in [-0.4, -0.2) is 28.0 Å². The van der Waals surface area contributed by atoms with Crippen molar-refractivity contribution >= 4 is 39.1 Å². The van der Waals surface area contributed by atoms with E-state index in [1.165, 1.54) is 16.2 Å². The number of ether oxygens (including phenoxy) is 1. The number of rotatable bonds is 1. The highest BCUT2D eigenvalue weighted by atomic mass is 32.1. The summed E-state index contributed by atoms with van der Waals surface area (Å²) in [6.45, 7) is 3.95. The van der Waals surface area contributed by atoms with Gasteiger partial charge in [0.15, 0.2) is 0 Å². The van der Waals surface area contributed by atoms with Gasteiger partial charge in [-0.2, -0.15) is 0 Å². The van der Waals surface area contributed by atoms with E-state index in [0.717, 1.165) is 23.1 Å². The van der Waals surface area contributed by atoms with Crippen molar-refractivity contribution < 1.29 is 14.3 Å². The van der Waals surface area contributed by atoms with E-state index in [-0.39, 0.29) is 23.7 Å². The van der Waals surface area contributed by atoms with Crippen molar-refractivity contribution in [3.05, 3.63) is 23.7 Å². The van der Waals surface area contributed by atoms with Gasteiger partial charge < -0.3 is 4.74 Å². The fraction of sp³-hybridized carbons (Fsp3) is 0.471. The SMILES string of the molecule is C[C@]12CC[C@](C)(O1)[C@@H]1C(=O)N(c3ccc4ncsc4c3)C(=O)[C@@H]12. The molecule has 1 aromatic carbocycles. The highest BCUT2D eigenvalue weighted by Crippen LogP contribution is 2.60. The highest BCUT2D eigenvalue weighted by Gasteiger charge is 2.72. The van der Waals surface area contributed by atoms with Crippen LogP contribution in [0.3, 0.4) is 0 Å². The quantitative estimate of drug-likeness (QED) is 0.755. The van der Waals surface area contributed by atoms with Gasteiger partial charge in [0.25, 0.3) is 0 Å². The normalized spacial score (nSPS) is 38.8. The molecule has 2 bridgehead atoms. The fourth-order valence-corrected chi connectivity index (χ4v) is 5.42. The van der Waals surface area contributed by atoms with Crippen LogP contribution in [0.4, 0.5) is 5.69 Å². The number of nitrogens with zero attached hydrogens (tertiary/aromatic N) is 2. The molecule has 5 nitrogen and oxygen atoms in total. The van der Waals surface area contributed by atoms with Gasteiger partial charge in [-0.25, -0.2) is 9.88 Å². The standard InChI is InChI=1S/C17H16N2O3S/c1-16-5-6-17(2,22-16)13-12(16)14(20)19(15(13)21)9-3-4-10-11(7-9)23-8-18-10/h3-4,7-8,12-13H,5-6H2,1-2H3/t12-,13+,16-,17+. The van der Waals surface area contributed by atoms with Gasteiger partial charge in [-0.3, -0.25) is 9.59 Å². The highest BCUT2D eigenvalue weighted by molar-refractivity contribution is 7.16. The molecule has 4 heterocycles. The first-order valence-corrected chi connectivity index (χ1v) is 8.72. The number of anilines is 1. The summed E-state index contributed by atoms with van der Waals surface area (Å²) in [6, 6.07) is 5.56. The molecular weight excluding hydrogens is 312 g/mol. The summed E-state index contributed by atoms with van der Waals surface area (Å²) < 4.78 is 7.10. The molecular formula is C17H16N2O3S. The number of fused-ring (bicyclic) bond motifs is 6. The Kier molecular flexibility index (Phi) is 2.37. The average Bonchev–Trinajstić information content (AvgIpc) is 3.19. The van der Waals surface area contributed by atoms with Gasteiger partial charge in [0.2, 0.25) is 11.8 Å². The Labute approximate surface area is 137 Å². The van der Waals surface area contributed by atoms with E-state index < -0.39 is 11.2 Å².